The molecule has 1 aliphatic heterocycles. The molecule has 1 aromatic carbocycles. The van der Waals surface area contributed by atoms with E-state index in [-0.39, 0.29) is 0 Å². The van der Waals surface area contributed by atoms with Crippen molar-refractivity contribution in [1.82, 2.24) is 0 Å². The van der Waals surface area contributed by atoms with Gasteiger partial charge in [0.05, 0.1) is 4.58 Å². The van der Waals surface area contributed by atoms with Crippen molar-refractivity contribution in [3.63, 3.8) is 0 Å². The number of hydrogen-bond acceptors (Lipinski definition) is 2. The maximum Gasteiger partial charge on any atom is 0.0752 e. The molecule has 0 atom stereocenters. The Hall–Kier alpha value is 0.500. The van der Waals surface area contributed by atoms with Crippen molar-refractivity contribution >= 4 is 46.7 Å². The predicted molar refractivity (Wildman–Crippen MR) is 87.1 cm³/mol. The summed E-state index contributed by atoms with van der Waals surface area (Å²) in [4.78, 5) is 0. The summed E-state index contributed by atoms with van der Waals surface area (Å²) in [6.07, 6.45) is 0. The van der Waals surface area contributed by atoms with Crippen LogP contribution in [0.4, 0.5) is 0 Å². The number of benzene rings is 1. The molecule has 0 unspecified atom stereocenters. The van der Waals surface area contributed by atoms with Crippen LogP contribution in [0.25, 0.3) is 0 Å². The van der Waals surface area contributed by atoms with Gasteiger partial charge in [0, 0.05) is 10.0 Å². The van der Waals surface area contributed by atoms with Crippen LogP contribution in [0.3, 0.4) is 0 Å². The summed E-state index contributed by atoms with van der Waals surface area (Å²) in [6.45, 7) is 6.99. The highest BCUT2D eigenvalue weighted by atomic mass is 35.5. The van der Waals surface area contributed by atoms with E-state index >= 15 is 0 Å². The maximum absolute atomic E-state index is 6.07. The molecule has 0 radical (unpaired) electrons. The van der Waals surface area contributed by atoms with Crippen molar-refractivity contribution in [2.75, 3.05) is 11.5 Å². The molecule has 0 aliphatic carbocycles. The lowest BCUT2D eigenvalue weighted by molar-refractivity contribution is 0.292. The zero-order valence-corrected chi connectivity index (χ0v) is 14.0. The summed E-state index contributed by atoms with van der Waals surface area (Å²) in [5.41, 5.74) is 1.64. The fourth-order valence-corrected chi connectivity index (χ4v) is 6.16. The van der Waals surface area contributed by atoms with Crippen molar-refractivity contribution in [3.8, 4) is 0 Å². The molecule has 1 saturated heterocycles. The second kappa shape index (κ2) is 5.87. The molecule has 0 N–H and O–H groups in total. The van der Waals surface area contributed by atoms with Crippen LogP contribution in [0.5, 0.6) is 0 Å². The number of thioether (sulfide) groups is 2. The molecule has 1 aromatic rings. The number of hydrogen-bond donors (Lipinski definition) is 0. The minimum Gasteiger partial charge on any atom is -0.142 e. The van der Waals surface area contributed by atoms with Gasteiger partial charge in [-0.1, -0.05) is 44.0 Å². The van der Waals surface area contributed by atoms with Gasteiger partial charge in [-0.05, 0) is 46.6 Å². The van der Waals surface area contributed by atoms with Crippen molar-refractivity contribution in [2.45, 2.75) is 25.4 Å². The Labute approximate surface area is 128 Å². The molecular weight excluding hydrogens is 303 g/mol. The molecule has 2 rings (SSSR count). The fourth-order valence-electron chi connectivity index (χ4n) is 1.91. The van der Waals surface area contributed by atoms with E-state index in [2.05, 4.69) is 20.8 Å². The van der Waals surface area contributed by atoms with Gasteiger partial charge in [0.15, 0.2) is 0 Å². The lowest BCUT2D eigenvalue weighted by atomic mass is 9.83. The second-order valence-corrected chi connectivity index (χ2v) is 9.21. The average molecular weight is 321 g/mol. The molecule has 4 heteroatoms. The van der Waals surface area contributed by atoms with Crippen LogP contribution in [0.1, 0.15) is 30.9 Å². The molecule has 0 spiro atoms. The summed E-state index contributed by atoms with van der Waals surface area (Å²) in [5.74, 6) is 3.20. The molecule has 100 valence electrons. The molecule has 1 aliphatic rings. The van der Waals surface area contributed by atoms with E-state index in [0.29, 0.717) is 10.00 Å². The van der Waals surface area contributed by atoms with Gasteiger partial charge < -0.3 is 0 Å². The van der Waals surface area contributed by atoms with Crippen LogP contribution < -0.4 is 0 Å². The van der Waals surface area contributed by atoms with Crippen molar-refractivity contribution in [2.24, 2.45) is 11.3 Å². The smallest absolute Gasteiger partial charge is 0.0752 e. The third-order valence-corrected chi connectivity index (χ3v) is 6.87. The lowest BCUT2D eigenvalue weighted by Crippen LogP contribution is -2.27. The highest BCUT2D eigenvalue weighted by Crippen LogP contribution is 2.49. The van der Waals surface area contributed by atoms with Gasteiger partial charge in [-0.15, -0.1) is 23.5 Å². The molecule has 1 fully saturated rings. The van der Waals surface area contributed by atoms with Gasteiger partial charge in [-0.3, -0.25) is 0 Å². The quantitative estimate of drug-likeness (QED) is 0.610. The lowest BCUT2D eigenvalue weighted by Gasteiger charge is -2.36. The monoisotopic (exact) mass is 320 g/mol. The summed E-state index contributed by atoms with van der Waals surface area (Å²) in [6, 6.07) is 5.87. The van der Waals surface area contributed by atoms with Gasteiger partial charge in [-0.25, -0.2) is 0 Å². The highest BCUT2D eigenvalue weighted by Gasteiger charge is 2.31. The fraction of sp³-hybridized carbons (Fsp3) is 0.571. The number of rotatable bonds is 1. The van der Waals surface area contributed by atoms with Crippen LogP contribution >= 0.6 is 46.7 Å². The van der Waals surface area contributed by atoms with E-state index in [1.807, 2.05) is 35.7 Å². The Morgan fingerprint density at radius 3 is 1.94 bits per heavy atom. The molecule has 0 bridgehead atoms. The number of halogens is 2. The summed E-state index contributed by atoms with van der Waals surface area (Å²) >= 11 is 16.2. The van der Waals surface area contributed by atoms with Crippen LogP contribution in [-0.4, -0.2) is 11.5 Å². The first kappa shape index (κ1) is 14.9. The standard InChI is InChI=1S/C14H18Cl2S2/c1-14(2,3)10-7-17-13(18-8-10)9-4-11(15)6-12(16)5-9/h4-6,10,13H,7-8H2,1-3H3. The Morgan fingerprint density at radius 2 is 1.50 bits per heavy atom. The molecule has 0 amide bonds. The van der Waals surface area contributed by atoms with Crippen molar-refractivity contribution in [1.29, 1.82) is 0 Å². The Morgan fingerprint density at radius 1 is 1.00 bits per heavy atom. The van der Waals surface area contributed by atoms with E-state index < -0.39 is 0 Å². The van der Waals surface area contributed by atoms with Crippen molar-refractivity contribution < 1.29 is 0 Å². The van der Waals surface area contributed by atoms with Crippen LogP contribution in [0.15, 0.2) is 18.2 Å². The SMILES string of the molecule is CC(C)(C)C1CSC(c2cc(Cl)cc(Cl)c2)SC1. The van der Waals surface area contributed by atoms with Gasteiger partial charge in [0.1, 0.15) is 0 Å². The summed E-state index contributed by atoms with van der Waals surface area (Å²) in [5, 5.41) is 1.47. The predicted octanol–water partition coefficient (Wildman–Crippen LogP) is 6.13. The third-order valence-electron chi connectivity index (χ3n) is 3.28. The molecule has 0 nitrogen and oxygen atoms in total. The minimum absolute atomic E-state index is 0.400. The topological polar surface area (TPSA) is 0 Å². The Bertz CT molecular complexity index is 398. The third kappa shape index (κ3) is 3.75. The molecular formula is C14H18Cl2S2. The van der Waals surface area contributed by atoms with E-state index in [1.165, 1.54) is 17.1 Å². The van der Waals surface area contributed by atoms with Crippen LogP contribution in [0.2, 0.25) is 10.0 Å². The van der Waals surface area contributed by atoms with Gasteiger partial charge in [0.2, 0.25) is 0 Å². The van der Waals surface area contributed by atoms with Crippen LogP contribution in [0, 0.1) is 11.3 Å². The van der Waals surface area contributed by atoms with Gasteiger partial charge in [0.25, 0.3) is 0 Å². The van der Waals surface area contributed by atoms with Crippen LogP contribution in [-0.2, 0) is 0 Å². The van der Waals surface area contributed by atoms with Crippen molar-refractivity contribution in [3.05, 3.63) is 33.8 Å². The zero-order valence-electron chi connectivity index (χ0n) is 10.9. The summed E-state index contributed by atoms with van der Waals surface area (Å²) in [7, 11) is 0. The Kier molecular flexibility index (Phi) is 4.86. The van der Waals surface area contributed by atoms with Gasteiger partial charge >= 0.3 is 0 Å². The second-order valence-electron chi connectivity index (χ2n) is 5.76. The Balaban J connectivity index is 2.05. The van der Waals surface area contributed by atoms with E-state index in [1.54, 1.807) is 6.07 Å². The molecule has 18 heavy (non-hydrogen) atoms. The van der Waals surface area contributed by atoms with E-state index in [4.69, 9.17) is 23.2 Å². The largest absolute Gasteiger partial charge is 0.142 e. The van der Waals surface area contributed by atoms with Gasteiger partial charge in [-0.2, -0.15) is 0 Å². The first-order chi connectivity index (χ1) is 8.36. The van der Waals surface area contributed by atoms with E-state index in [9.17, 15) is 0 Å². The first-order valence-corrected chi connectivity index (χ1v) is 8.91. The normalized spacial score (nSPS) is 25.2. The highest BCUT2D eigenvalue weighted by molar-refractivity contribution is 8.16. The minimum atomic E-state index is 0.400. The molecule has 0 aromatic heterocycles. The first-order valence-electron chi connectivity index (χ1n) is 6.05. The molecule has 1 heterocycles. The maximum atomic E-state index is 6.07. The van der Waals surface area contributed by atoms with E-state index in [0.717, 1.165) is 16.0 Å². The summed E-state index contributed by atoms with van der Waals surface area (Å²) < 4.78 is 0.472. The molecule has 0 saturated carbocycles. The average Bonchev–Trinajstić information content (AvgIpc) is 2.27. The zero-order chi connectivity index (χ0) is 13.3.